The molecule has 2 aliphatic rings. The molecule has 0 aromatic carbocycles. The summed E-state index contributed by atoms with van der Waals surface area (Å²) in [5.41, 5.74) is 0.814. The topological polar surface area (TPSA) is 75.5 Å². The molecule has 0 bridgehead atoms. The Morgan fingerprint density at radius 3 is 2.39 bits per heavy atom. The lowest BCUT2D eigenvalue weighted by molar-refractivity contribution is -0.120. The summed E-state index contributed by atoms with van der Waals surface area (Å²) in [6.45, 7) is 5.72. The summed E-state index contributed by atoms with van der Waals surface area (Å²) in [5, 5.41) is 0. The zero-order valence-corrected chi connectivity index (χ0v) is 18.8. The molecule has 0 unspecified atom stereocenters. The summed E-state index contributed by atoms with van der Waals surface area (Å²) in [7, 11) is 1.75. The Labute approximate surface area is 182 Å². The van der Waals surface area contributed by atoms with Crippen LogP contribution in [0.2, 0.25) is 0 Å². The largest absolute Gasteiger partial charge is 0.472 e. The van der Waals surface area contributed by atoms with Crippen LogP contribution < -0.4 is 9.47 Å². The lowest BCUT2D eigenvalue weighted by atomic mass is 9.94. The molecule has 2 aromatic heterocycles. The van der Waals surface area contributed by atoms with Gasteiger partial charge in [0.2, 0.25) is 5.82 Å². The Balaban J connectivity index is 1.34. The molecular weight excluding hydrogens is 401 g/mol. The third-order valence-electron chi connectivity index (χ3n) is 6.29. The third kappa shape index (κ3) is 5.17. The zero-order chi connectivity index (χ0) is 22.1. The van der Waals surface area contributed by atoms with Gasteiger partial charge in [-0.1, -0.05) is 6.92 Å². The minimum absolute atomic E-state index is 0.0125. The van der Waals surface area contributed by atoms with Crippen LogP contribution in [-0.2, 0) is 16.6 Å². The number of nitrogens with zero attached hydrogens (tertiary/aromatic N) is 3. The SMILES string of the molecule is CC(=O)C[C@@H](C)[C@H](C)OC1CCC(Oc2nc3cnc(OC4CC4)c(F)c3n2C)CC1. The van der Waals surface area contributed by atoms with Gasteiger partial charge in [0.05, 0.1) is 18.4 Å². The molecule has 170 valence electrons. The fourth-order valence-electron chi connectivity index (χ4n) is 4.15. The summed E-state index contributed by atoms with van der Waals surface area (Å²) in [6.07, 6.45) is 7.76. The lowest BCUT2D eigenvalue weighted by Crippen LogP contribution is -2.33. The van der Waals surface area contributed by atoms with Crippen LogP contribution in [0.3, 0.4) is 0 Å². The maximum atomic E-state index is 14.9. The first kappa shape index (κ1) is 22.0. The average Bonchev–Trinajstić information content (AvgIpc) is 3.48. The Bertz CT molecular complexity index is 935. The van der Waals surface area contributed by atoms with Crippen molar-refractivity contribution < 1.29 is 23.4 Å². The maximum absolute atomic E-state index is 14.9. The fraction of sp³-hybridized carbons (Fsp3) is 0.696. The first-order valence-corrected chi connectivity index (χ1v) is 11.3. The van der Waals surface area contributed by atoms with E-state index in [0.29, 0.717) is 23.5 Å². The van der Waals surface area contributed by atoms with Gasteiger partial charge in [-0.05, 0) is 58.3 Å². The van der Waals surface area contributed by atoms with Gasteiger partial charge < -0.3 is 19.0 Å². The monoisotopic (exact) mass is 433 g/mol. The van der Waals surface area contributed by atoms with Gasteiger partial charge in [-0.2, -0.15) is 9.37 Å². The Morgan fingerprint density at radius 1 is 1.13 bits per heavy atom. The minimum atomic E-state index is -0.486. The number of Topliss-reactive ketones (excluding diaryl/α,β-unsaturated/α-hetero) is 1. The highest BCUT2D eigenvalue weighted by atomic mass is 19.1. The predicted octanol–water partition coefficient (Wildman–Crippen LogP) is 4.36. The second kappa shape index (κ2) is 9.10. The van der Waals surface area contributed by atoms with Crippen molar-refractivity contribution in [3.05, 3.63) is 12.0 Å². The number of hydrogen-bond donors (Lipinski definition) is 0. The van der Waals surface area contributed by atoms with Crippen LogP contribution in [0.4, 0.5) is 4.39 Å². The molecule has 2 saturated carbocycles. The zero-order valence-electron chi connectivity index (χ0n) is 18.8. The second-order valence-electron chi connectivity index (χ2n) is 9.12. The average molecular weight is 434 g/mol. The van der Waals surface area contributed by atoms with Crippen molar-refractivity contribution in [1.82, 2.24) is 14.5 Å². The highest BCUT2D eigenvalue weighted by Gasteiger charge is 2.29. The van der Waals surface area contributed by atoms with Gasteiger partial charge in [0.25, 0.3) is 11.9 Å². The van der Waals surface area contributed by atoms with Crippen molar-refractivity contribution in [3.8, 4) is 11.9 Å². The normalized spacial score (nSPS) is 23.5. The molecule has 2 aliphatic carbocycles. The highest BCUT2D eigenvalue weighted by Crippen LogP contribution is 2.33. The summed E-state index contributed by atoms with van der Waals surface area (Å²) < 4.78 is 34.4. The van der Waals surface area contributed by atoms with Crippen molar-refractivity contribution >= 4 is 16.8 Å². The van der Waals surface area contributed by atoms with Gasteiger partial charge >= 0.3 is 0 Å². The molecule has 0 saturated heterocycles. The van der Waals surface area contributed by atoms with Gasteiger partial charge in [0.15, 0.2) is 0 Å². The number of carbonyl (C=O) groups is 1. The van der Waals surface area contributed by atoms with Gasteiger partial charge in [0.1, 0.15) is 29.0 Å². The predicted molar refractivity (Wildman–Crippen MR) is 114 cm³/mol. The van der Waals surface area contributed by atoms with Crippen LogP contribution >= 0.6 is 0 Å². The first-order valence-electron chi connectivity index (χ1n) is 11.3. The van der Waals surface area contributed by atoms with E-state index in [1.807, 2.05) is 6.92 Å². The van der Waals surface area contributed by atoms with Crippen molar-refractivity contribution in [2.45, 2.75) is 90.1 Å². The summed E-state index contributed by atoms with van der Waals surface area (Å²) in [4.78, 5) is 19.9. The van der Waals surface area contributed by atoms with Gasteiger partial charge in [-0.15, -0.1) is 0 Å². The van der Waals surface area contributed by atoms with Gasteiger partial charge in [-0.3, -0.25) is 4.57 Å². The smallest absolute Gasteiger partial charge is 0.297 e. The summed E-state index contributed by atoms with van der Waals surface area (Å²) in [5.74, 6) is -0.0421. The molecule has 0 aliphatic heterocycles. The van der Waals surface area contributed by atoms with E-state index in [0.717, 1.165) is 38.5 Å². The quantitative estimate of drug-likeness (QED) is 0.585. The highest BCUT2D eigenvalue weighted by molar-refractivity contribution is 5.77. The number of pyridine rings is 1. The van der Waals surface area contributed by atoms with Crippen LogP contribution in [0.5, 0.6) is 11.9 Å². The molecule has 0 N–H and O–H groups in total. The van der Waals surface area contributed by atoms with Crippen LogP contribution in [-0.4, -0.2) is 44.7 Å². The second-order valence-corrected chi connectivity index (χ2v) is 9.12. The van der Waals surface area contributed by atoms with Gasteiger partial charge in [0, 0.05) is 13.5 Å². The molecule has 2 heterocycles. The summed E-state index contributed by atoms with van der Waals surface area (Å²) in [6, 6.07) is 0.395. The number of fused-ring (bicyclic) bond motifs is 1. The number of aryl methyl sites for hydroxylation is 1. The van der Waals surface area contributed by atoms with Crippen molar-refractivity contribution in [2.75, 3.05) is 0 Å². The lowest BCUT2D eigenvalue weighted by Gasteiger charge is -2.32. The Hall–Kier alpha value is -2.22. The molecule has 4 rings (SSSR count). The molecule has 0 amide bonds. The number of hydrogen-bond acceptors (Lipinski definition) is 6. The van der Waals surface area contributed by atoms with E-state index in [1.54, 1.807) is 18.5 Å². The third-order valence-corrected chi connectivity index (χ3v) is 6.29. The van der Waals surface area contributed by atoms with Crippen molar-refractivity contribution in [2.24, 2.45) is 13.0 Å². The number of aromatic nitrogens is 3. The molecule has 8 heteroatoms. The van der Waals surface area contributed by atoms with Crippen LogP contribution in [0.1, 0.15) is 65.7 Å². The number of ether oxygens (including phenoxy) is 3. The Kier molecular flexibility index (Phi) is 6.46. The molecule has 7 nitrogen and oxygen atoms in total. The first-order chi connectivity index (χ1) is 14.8. The van der Waals surface area contributed by atoms with E-state index >= 15 is 0 Å². The maximum Gasteiger partial charge on any atom is 0.297 e. The number of ketones is 1. The van der Waals surface area contributed by atoms with E-state index in [1.165, 1.54) is 6.20 Å². The molecule has 2 aromatic rings. The minimum Gasteiger partial charge on any atom is -0.472 e. The number of halogens is 1. The summed E-state index contributed by atoms with van der Waals surface area (Å²) >= 11 is 0. The van der Waals surface area contributed by atoms with Crippen molar-refractivity contribution in [3.63, 3.8) is 0 Å². The molecule has 2 atom stereocenters. The van der Waals surface area contributed by atoms with Crippen LogP contribution in [0.15, 0.2) is 6.20 Å². The number of imidazole rings is 1. The molecule has 0 radical (unpaired) electrons. The van der Waals surface area contributed by atoms with E-state index in [4.69, 9.17) is 14.2 Å². The molecule has 0 spiro atoms. The standard InChI is InChI=1S/C23H32FN3O4/c1-13(11-14(2)28)15(3)29-16-5-9-18(10-6-16)31-23-26-19-12-25-22(30-17-7-8-17)20(24)21(19)27(23)4/h12-13,15-18H,5-11H2,1-4H3/t13-,15+,16?,18?/m1/s1. The van der Waals surface area contributed by atoms with Gasteiger partial charge in [-0.25, -0.2) is 4.98 Å². The van der Waals surface area contributed by atoms with Crippen LogP contribution in [0.25, 0.3) is 11.0 Å². The molecule has 31 heavy (non-hydrogen) atoms. The van der Waals surface area contributed by atoms with E-state index in [2.05, 4.69) is 16.9 Å². The Morgan fingerprint density at radius 2 is 1.74 bits per heavy atom. The molecular formula is C23H32FN3O4. The van der Waals surface area contributed by atoms with Crippen LogP contribution in [0, 0.1) is 11.7 Å². The number of carbonyl (C=O) groups excluding carboxylic acids is 1. The molecule has 2 fully saturated rings. The van der Waals surface area contributed by atoms with Crippen molar-refractivity contribution in [1.29, 1.82) is 0 Å². The van der Waals surface area contributed by atoms with E-state index in [-0.39, 0.29) is 42.0 Å². The fourth-order valence-corrected chi connectivity index (χ4v) is 4.15. The van der Waals surface area contributed by atoms with E-state index in [9.17, 15) is 9.18 Å². The number of rotatable bonds is 9. The van der Waals surface area contributed by atoms with E-state index < -0.39 is 5.82 Å².